The Hall–Kier alpha value is -0.300. The normalized spacial score (nSPS) is 26.9. The van der Waals surface area contributed by atoms with E-state index in [9.17, 15) is 13.2 Å². The van der Waals surface area contributed by atoms with Gasteiger partial charge in [-0.25, -0.2) is 8.42 Å². The van der Waals surface area contributed by atoms with Crippen molar-refractivity contribution in [3.05, 3.63) is 21.3 Å². The molecule has 2 atom stereocenters. The molecule has 8 heteroatoms. The van der Waals surface area contributed by atoms with Crippen LogP contribution < -0.4 is 5.32 Å². The first-order chi connectivity index (χ1) is 7.87. The number of hydrogen-bond acceptors (Lipinski definition) is 4. The molecule has 2 heterocycles. The Bertz CT molecular complexity index is 540. The van der Waals surface area contributed by atoms with Crippen LogP contribution in [0.4, 0.5) is 0 Å². The zero-order valence-electron chi connectivity index (χ0n) is 8.52. The minimum absolute atomic E-state index is 0.0926. The Morgan fingerprint density at radius 1 is 1.41 bits per heavy atom. The van der Waals surface area contributed by atoms with Crippen LogP contribution in [0, 0.1) is 0 Å². The molecule has 0 radical (unpaired) electrons. The first-order valence-corrected chi connectivity index (χ1v) is 8.23. The lowest BCUT2D eigenvalue weighted by atomic mass is 10.2. The number of sulfone groups is 1. The first kappa shape index (κ1) is 13.1. The topological polar surface area (TPSA) is 63.2 Å². The SMILES string of the molecule is O=C(NC1CS(=O)(=O)CC1Cl)c1ccc(Cl)s1. The van der Waals surface area contributed by atoms with Crippen LogP contribution in [0.3, 0.4) is 0 Å². The van der Waals surface area contributed by atoms with Crippen molar-refractivity contribution in [2.45, 2.75) is 11.4 Å². The summed E-state index contributed by atoms with van der Waals surface area (Å²) in [4.78, 5) is 12.2. The fourth-order valence-electron chi connectivity index (χ4n) is 1.61. The zero-order chi connectivity index (χ0) is 12.6. The molecule has 0 aliphatic carbocycles. The van der Waals surface area contributed by atoms with E-state index in [1.807, 2.05) is 0 Å². The van der Waals surface area contributed by atoms with Crippen LogP contribution in [0.15, 0.2) is 12.1 Å². The third kappa shape index (κ3) is 3.13. The molecule has 1 aliphatic rings. The summed E-state index contributed by atoms with van der Waals surface area (Å²) in [5.41, 5.74) is 0. The van der Waals surface area contributed by atoms with Gasteiger partial charge in [0, 0.05) is 0 Å². The van der Waals surface area contributed by atoms with Crippen LogP contribution in [-0.4, -0.2) is 37.2 Å². The number of alkyl halides is 1. The molecule has 2 rings (SSSR count). The number of thiophene rings is 1. The lowest BCUT2D eigenvalue weighted by Gasteiger charge is -2.13. The van der Waals surface area contributed by atoms with Crippen LogP contribution in [0.5, 0.6) is 0 Å². The number of nitrogens with one attached hydrogen (secondary N) is 1. The highest BCUT2D eigenvalue weighted by atomic mass is 35.5. The molecule has 1 saturated heterocycles. The van der Waals surface area contributed by atoms with E-state index in [0.717, 1.165) is 11.3 Å². The van der Waals surface area contributed by atoms with Gasteiger partial charge >= 0.3 is 0 Å². The molecule has 1 aliphatic heterocycles. The predicted molar refractivity (Wildman–Crippen MR) is 68.9 cm³/mol. The summed E-state index contributed by atoms with van der Waals surface area (Å²) < 4.78 is 23.1. The highest BCUT2D eigenvalue weighted by molar-refractivity contribution is 7.91. The lowest BCUT2D eigenvalue weighted by molar-refractivity contribution is 0.0945. The van der Waals surface area contributed by atoms with E-state index in [1.54, 1.807) is 12.1 Å². The van der Waals surface area contributed by atoms with Crippen molar-refractivity contribution < 1.29 is 13.2 Å². The van der Waals surface area contributed by atoms with Crippen molar-refractivity contribution in [1.82, 2.24) is 5.32 Å². The maximum Gasteiger partial charge on any atom is 0.261 e. The molecule has 1 N–H and O–H groups in total. The molecule has 0 saturated carbocycles. The number of rotatable bonds is 2. The van der Waals surface area contributed by atoms with E-state index < -0.39 is 21.3 Å². The molecule has 2 unspecified atom stereocenters. The average Bonchev–Trinajstić information content (AvgIpc) is 2.71. The van der Waals surface area contributed by atoms with Crippen LogP contribution >= 0.6 is 34.5 Å². The van der Waals surface area contributed by atoms with Gasteiger partial charge in [0.2, 0.25) is 0 Å². The molecular weight excluding hydrogens is 305 g/mol. The average molecular weight is 314 g/mol. The second kappa shape index (κ2) is 4.76. The first-order valence-electron chi connectivity index (χ1n) is 4.78. The Kier molecular flexibility index (Phi) is 3.68. The van der Waals surface area contributed by atoms with Crippen molar-refractivity contribution >= 4 is 50.3 Å². The molecule has 4 nitrogen and oxygen atoms in total. The van der Waals surface area contributed by atoms with Gasteiger partial charge in [0.05, 0.1) is 32.1 Å². The van der Waals surface area contributed by atoms with Gasteiger partial charge in [0.1, 0.15) is 0 Å². The number of hydrogen-bond donors (Lipinski definition) is 1. The number of carbonyl (C=O) groups is 1. The lowest BCUT2D eigenvalue weighted by Crippen LogP contribution is -2.40. The number of carbonyl (C=O) groups excluding carboxylic acids is 1. The Morgan fingerprint density at radius 3 is 2.59 bits per heavy atom. The molecule has 0 aromatic carbocycles. The minimum atomic E-state index is -3.14. The van der Waals surface area contributed by atoms with Crippen molar-refractivity contribution in [3.63, 3.8) is 0 Å². The number of halogens is 2. The largest absolute Gasteiger partial charge is 0.346 e. The minimum Gasteiger partial charge on any atom is -0.346 e. The maximum atomic E-state index is 11.8. The van der Waals surface area contributed by atoms with E-state index >= 15 is 0 Å². The Labute approximate surface area is 113 Å². The molecule has 0 spiro atoms. The smallest absolute Gasteiger partial charge is 0.261 e. The third-order valence-corrected chi connectivity index (χ3v) is 6.00. The fourth-order valence-corrected chi connectivity index (χ4v) is 5.11. The van der Waals surface area contributed by atoms with E-state index in [1.165, 1.54) is 0 Å². The van der Waals surface area contributed by atoms with Gasteiger partial charge in [-0.2, -0.15) is 0 Å². The van der Waals surface area contributed by atoms with Crippen molar-refractivity contribution in [3.8, 4) is 0 Å². The van der Waals surface area contributed by atoms with Crippen LogP contribution in [0.2, 0.25) is 4.34 Å². The van der Waals surface area contributed by atoms with Gasteiger partial charge in [-0.05, 0) is 12.1 Å². The summed E-state index contributed by atoms with van der Waals surface area (Å²) in [6, 6.07) is 2.68. The van der Waals surface area contributed by atoms with E-state index in [4.69, 9.17) is 23.2 Å². The molecular formula is C9H9Cl2NO3S2. The van der Waals surface area contributed by atoms with Gasteiger partial charge in [0.15, 0.2) is 9.84 Å². The van der Waals surface area contributed by atoms with Crippen molar-refractivity contribution in [2.75, 3.05) is 11.5 Å². The highest BCUT2D eigenvalue weighted by Crippen LogP contribution is 2.23. The fraction of sp³-hybridized carbons (Fsp3) is 0.444. The van der Waals surface area contributed by atoms with E-state index in [-0.39, 0.29) is 17.4 Å². The van der Waals surface area contributed by atoms with Crippen molar-refractivity contribution in [2.24, 2.45) is 0 Å². The highest BCUT2D eigenvalue weighted by Gasteiger charge is 2.37. The van der Waals surface area contributed by atoms with Crippen molar-refractivity contribution in [1.29, 1.82) is 0 Å². The summed E-state index contributed by atoms with van der Waals surface area (Å²) >= 11 is 12.7. The van der Waals surface area contributed by atoms with Crippen LogP contribution in [0.1, 0.15) is 9.67 Å². The van der Waals surface area contributed by atoms with E-state index in [0.29, 0.717) is 9.21 Å². The van der Waals surface area contributed by atoms with Gasteiger partial charge < -0.3 is 5.32 Å². The summed E-state index contributed by atoms with van der Waals surface area (Å²) in [7, 11) is -3.14. The summed E-state index contributed by atoms with van der Waals surface area (Å²) in [5.74, 6) is -0.536. The van der Waals surface area contributed by atoms with Crippen LogP contribution in [-0.2, 0) is 9.84 Å². The Morgan fingerprint density at radius 2 is 2.12 bits per heavy atom. The molecule has 17 heavy (non-hydrogen) atoms. The standard InChI is InChI=1S/C9H9Cl2NO3S2/c10-5-3-17(14,15)4-6(5)12-9(13)7-1-2-8(11)16-7/h1-2,5-6H,3-4H2,(H,12,13). The predicted octanol–water partition coefficient (Wildman–Crippen LogP) is 1.54. The second-order valence-electron chi connectivity index (χ2n) is 3.78. The van der Waals surface area contributed by atoms with Gasteiger partial charge in [-0.15, -0.1) is 22.9 Å². The molecule has 1 fully saturated rings. The number of amides is 1. The summed E-state index contributed by atoms with van der Waals surface area (Å²) in [6.45, 7) is 0. The Balaban J connectivity index is 2.05. The van der Waals surface area contributed by atoms with E-state index in [2.05, 4.69) is 5.32 Å². The molecule has 1 aromatic rings. The quantitative estimate of drug-likeness (QED) is 0.842. The van der Waals surface area contributed by atoms with Gasteiger partial charge in [0.25, 0.3) is 5.91 Å². The zero-order valence-corrected chi connectivity index (χ0v) is 11.7. The third-order valence-electron chi connectivity index (χ3n) is 2.40. The molecule has 0 bridgehead atoms. The van der Waals surface area contributed by atoms with Gasteiger partial charge in [-0.1, -0.05) is 11.6 Å². The van der Waals surface area contributed by atoms with Gasteiger partial charge in [-0.3, -0.25) is 4.79 Å². The summed E-state index contributed by atoms with van der Waals surface area (Å²) in [6.07, 6.45) is 0. The summed E-state index contributed by atoms with van der Waals surface area (Å²) in [5, 5.41) is 2.05. The second-order valence-corrected chi connectivity index (χ2v) is 8.21. The molecule has 1 amide bonds. The van der Waals surface area contributed by atoms with Crippen LogP contribution in [0.25, 0.3) is 0 Å². The molecule has 1 aromatic heterocycles. The maximum absolute atomic E-state index is 11.8. The monoisotopic (exact) mass is 313 g/mol. The molecule has 94 valence electrons.